The van der Waals surface area contributed by atoms with Crippen molar-refractivity contribution >= 4 is 17.5 Å². The normalized spacial score (nSPS) is 16.7. The summed E-state index contributed by atoms with van der Waals surface area (Å²) in [7, 11) is 0. The Balaban J connectivity index is 1.35. The molecule has 3 aromatic rings. The van der Waals surface area contributed by atoms with Gasteiger partial charge in [0.2, 0.25) is 11.8 Å². The van der Waals surface area contributed by atoms with Gasteiger partial charge < -0.3 is 15.0 Å². The molecule has 164 valence electrons. The molecule has 1 saturated heterocycles. The maximum absolute atomic E-state index is 12.8. The first-order valence-electron chi connectivity index (χ1n) is 10.9. The smallest absolute Gasteiger partial charge is 0.229 e. The highest BCUT2D eigenvalue weighted by Crippen LogP contribution is 2.30. The highest BCUT2D eigenvalue weighted by atomic mass is 16.5. The average molecular weight is 429 g/mol. The Labute approximate surface area is 189 Å². The molecule has 5 heteroatoms. The van der Waals surface area contributed by atoms with E-state index in [1.54, 1.807) is 4.90 Å². The first-order chi connectivity index (χ1) is 15.4. The molecular formula is C27H28N2O3. The second-order valence-electron chi connectivity index (χ2n) is 8.40. The van der Waals surface area contributed by atoms with E-state index in [1.165, 1.54) is 11.1 Å². The molecule has 2 amide bonds. The van der Waals surface area contributed by atoms with E-state index in [2.05, 4.69) is 19.2 Å². The summed E-state index contributed by atoms with van der Waals surface area (Å²) in [5.41, 5.74) is 4.15. The summed E-state index contributed by atoms with van der Waals surface area (Å²) in [5, 5.41) is 2.94. The van der Waals surface area contributed by atoms with E-state index >= 15 is 0 Å². The second-order valence-corrected chi connectivity index (χ2v) is 8.40. The molecule has 5 nitrogen and oxygen atoms in total. The Morgan fingerprint density at radius 1 is 0.969 bits per heavy atom. The number of nitrogens with zero attached hydrogens (tertiary/aromatic N) is 1. The van der Waals surface area contributed by atoms with E-state index in [4.69, 9.17) is 4.74 Å². The number of aryl methyl sites for hydroxylation is 2. The lowest BCUT2D eigenvalue weighted by atomic mass is 10.1. The SMILES string of the molecule is Cc1ccc(Oc2ccc(NC(=O)[C@@H]3CC(=O)N([C@@H](C)c4ccccc4)C3)cc2)cc1C. The number of nitrogens with one attached hydrogen (secondary N) is 1. The molecule has 0 spiro atoms. The molecule has 0 aromatic heterocycles. The largest absolute Gasteiger partial charge is 0.457 e. The number of hydrogen-bond donors (Lipinski definition) is 1. The summed E-state index contributed by atoms with van der Waals surface area (Å²) in [4.78, 5) is 27.1. The maximum atomic E-state index is 12.8. The van der Waals surface area contributed by atoms with Gasteiger partial charge in [0.15, 0.2) is 0 Å². The van der Waals surface area contributed by atoms with Gasteiger partial charge in [-0.2, -0.15) is 0 Å². The van der Waals surface area contributed by atoms with Crippen LogP contribution in [0.2, 0.25) is 0 Å². The van der Waals surface area contributed by atoms with Gasteiger partial charge in [0.1, 0.15) is 11.5 Å². The van der Waals surface area contributed by atoms with E-state index in [0.717, 1.165) is 11.3 Å². The summed E-state index contributed by atoms with van der Waals surface area (Å²) >= 11 is 0. The number of anilines is 1. The van der Waals surface area contributed by atoms with Gasteiger partial charge in [-0.3, -0.25) is 9.59 Å². The third-order valence-electron chi connectivity index (χ3n) is 6.11. The Morgan fingerprint density at radius 2 is 1.66 bits per heavy atom. The van der Waals surface area contributed by atoms with Crippen molar-refractivity contribution in [2.24, 2.45) is 5.92 Å². The Kier molecular flexibility index (Phi) is 6.26. The summed E-state index contributed by atoms with van der Waals surface area (Å²) in [6.07, 6.45) is 0.233. The Morgan fingerprint density at radius 3 is 2.34 bits per heavy atom. The van der Waals surface area contributed by atoms with Crippen LogP contribution in [0, 0.1) is 19.8 Å². The minimum atomic E-state index is -0.361. The molecule has 0 bridgehead atoms. The van der Waals surface area contributed by atoms with Gasteiger partial charge in [0, 0.05) is 18.7 Å². The summed E-state index contributed by atoms with van der Waals surface area (Å²) in [6, 6.07) is 23.1. The van der Waals surface area contributed by atoms with Crippen molar-refractivity contribution in [3.8, 4) is 11.5 Å². The van der Waals surface area contributed by atoms with Gasteiger partial charge >= 0.3 is 0 Å². The fourth-order valence-electron chi connectivity index (χ4n) is 3.96. The predicted octanol–water partition coefficient (Wildman–Crippen LogP) is 5.64. The highest BCUT2D eigenvalue weighted by Gasteiger charge is 2.37. The molecule has 0 radical (unpaired) electrons. The molecule has 1 aliphatic heterocycles. The van der Waals surface area contributed by atoms with E-state index in [9.17, 15) is 9.59 Å². The fraction of sp³-hybridized carbons (Fsp3) is 0.259. The number of amides is 2. The number of rotatable bonds is 6. The fourth-order valence-corrected chi connectivity index (χ4v) is 3.96. The van der Waals surface area contributed by atoms with Crippen LogP contribution in [0.4, 0.5) is 5.69 Å². The van der Waals surface area contributed by atoms with Crippen LogP contribution in [-0.4, -0.2) is 23.3 Å². The topological polar surface area (TPSA) is 58.6 Å². The van der Waals surface area contributed by atoms with Crippen molar-refractivity contribution in [2.75, 3.05) is 11.9 Å². The summed E-state index contributed by atoms with van der Waals surface area (Å²) < 4.78 is 5.91. The first kappa shape index (κ1) is 21.6. The van der Waals surface area contributed by atoms with E-state index in [1.807, 2.05) is 79.7 Å². The summed E-state index contributed by atoms with van der Waals surface area (Å²) in [6.45, 7) is 6.54. The maximum Gasteiger partial charge on any atom is 0.229 e. The number of ether oxygens (including phenoxy) is 1. The highest BCUT2D eigenvalue weighted by molar-refractivity contribution is 5.97. The predicted molar refractivity (Wildman–Crippen MR) is 126 cm³/mol. The molecule has 0 saturated carbocycles. The van der Waals surface area contributed by atoms with Crippen LogP contribution in [-0.2, 0) is 9.59 Å². The average Bonchev–Trinajstić information content (AvgIpc) is 3.19. The molecule has 4 rings (SSSR count). The zero-order valence-corrected chi connectivity index (χ0v) is 18.7. The van der Waals surface area contributed by atoms with E-state index in [-0.39, 0.29) is 30.2 Å². The Hall–Kier alpha value is -3.60. The number of likely N-dealkylation sites (tertiary alicyclic amines) is 1. The minimum absolute atomic E-state index is 0.0126. The molecule has 0 aliphatic carbocycles. The van der Waals surface area contributed by atoms with Crippen LogP contribution >= 0.6 is 0 Å². The quantitative estimate of drug-likeness (QED) is 0.552. The minimum Gasteiger partial charge on any atom is -0.457 e. The lowest BCUT2D eigenvalue weighted by Gasteiger charge is -2.25. The molecule has 1 N–H and O–H groups in total. The van der Waals surface area contributed by atoms with Crippen molar-refractivity contribution < 1.29 is 14.3 Å². The van der Waals surface area contributed by atoms with Crippen LogP contribution < -0.4 is 10.1 Å². The molecule has 2 atom stereocenters. The lowest BCUT2D eigenvalue weighted by Crippen LogP contribution is -2.30. The zero-order chi connectivity index (χ0) is 22.7. The Bertz CT molecular complexity index is 1110. The van der Waals surface area contributed by atoms with Crippen LogP contribution in [0.25, 0.3) is 0 Å². The molecular weight excluding hydrogens is 400 g/mol. The molecule has 32 heavy (non-hydrogen) atoms. The van der Waals surface area contributed by atoms with Crippen LogP contribution in [0.5, 0.6) is 11.5 Å². The van der Waals surface area contributed by atoms with Crippen molar-refractivity contribution in [2.45, 2.75) is 33.2 Å². The van der Waals surface area contributed by atoms with Gasteiger partial charge in [-0.1, -0.05) is 36.4 Å². The molecule has 1 fully saturated rings. The van der Waals surface area contributed by atoms with Gasteiger partial charge in [0.05, 0.1) is 12.0 Å². The number of carbonyl (C=O) groups excluding carboxylic acids is 2. The number of carbonyl (C=O) groups is 2. The van der Waals surface area contributed by atoms with Crippen LogP contribution in [0.15, 0.2) is 72.8 Å². The monoisotopic (exact) mass is 428 g/mol. The van der Waals surface area contributed by atoms with Gasteiger partial charge in [0.25, 0.3) is 0 Å². The van der Waals surface area contributed by atoms with Crippen molar-refractivity contribution in [3.63, 3.8) is 0 Å². The van der Waals surface area contributed by atoms with Crippen LogP contribution in [0.3, 0.4) is 0 Å². The molecule has 1 heterocycles. The molecule has 1 aliphatic rings. The lowest BCUT2D eigenvalue weighted by molar-refractivity contribution is -0.129. The summed E-state index contributed by atoms with van der Waals surface area (Å²) in [5.74, 6) is 0.995. The van der Waals surface area contributed by atoms with Crippen molar-refractivity contribution in [3.05, 3.63) is 89.5 Å². The molecule has 0 unspecified atom stereocenters. The van der Waals surface area contributed by atoms with Crippen molar-refractivity contribution in [1.29, 1.82) is 0 Å². The number of benzene rings is 3. The van der Waals surface area contributed by atoms with Gasteiger partial charge in [-0.05, 0) is 73.9 Å². The van der Waals surface area contributed by atoms with E-state index < -0.39 is 0 Å². The van der Waals surface area contributed by atoms with E-state index in [0.29, 0.717) is 18.0 Å². The molecule has 3 aromatic carbocycles. The third kappa shape index (κ3) is 4.83. The third-order valence-corrected chi connectivity index (χ3v) is 6.11. The van der Waals surface area contributed by atoms with Crippen molar-refractivity contribution in [1.82, 2.24) is 4.90 Å². The standard InChI is InChI=1S/C27H28N2O3/c1-18-9-12-25(15-19(18)2)32-24-13-10-23(11-14-24)28-27(31)22-16-26(30)29(17-22)20(3)21-7-5-4-6-8-21/h4-15,20,22H,16-17H2,1-3H3,(H,28,31)/t20-,22+/m0/s1. The second kappa shape index (κ2) is 9.27. The zero-order valence-electron chi connectivity index (χ0n) is 18.7. The first-order valence-corrected chi connectivity index (χ1v) is 10.9. The van der Waals surface area contributed by atoms with Gasteiger partial charge in [-0.15, -0.1) is 0 Å². The number of hydrogen-bond acceptors (Lipinski definition) is 3. The van der Waals surface area contributed by atoms with Gasteiger partial charge in [-0.25, -0.2) is 0 Å². The van der Waals surface area contributed by atoms with Crippen LogP contribution in [0.1, 0.15) is 36.1 Å².